The number of likely N-dealkylation sites (tertiary alicyclic amines) is 1. The maximum atomic E-state index is 3.77. The fourth-order valence-corrected chi connectivity index (χ4v) is 3.82. The van der Waals surface area contributed by atoms with Crippen molar-refractivity contribution < 1.29 is 0 Å². The topological polar surface area (TPSA) is 15.3 Å². The first-order valence-electron chi connectivity index (χ1n) is 8.20. The van der Waals surface area contributed by atoms with E-state index >= 15 is 0 Å². The zero-order valence-corrected chi connectivity index (χ0v) is 12.6. The highest BCUT2D eigenvalue weighted by Crippen LogP contribution is 2.37. The molecule has 0 aromatic carbocycles. The SMILES string of the molecule is CCCNC(CN1CC2CCCC2C1)C(C)CC. The van der Waals surface area contributed by atoms with E-state index in [1.807, 2.05) is 0 Å². The molecule has 2 fully saturated rings. The van der Waals surface area contributed by atoms with Gasteiger partial charge in [-0.15, -0.1) is 0 Å². The van der Waals surface area contributed by atoms with Crippen LogP contribution in [0.5, 0.6) is 0 Å². The molecular formula is C16H32N2. The molecule has 1 aliphatic carbocycles. The van der Waals surface area contributed by atoms with Gasteiger partial charge < -0.3 is 10.2 Å². The smallest absolute Gasteiger partial charge is 0.0220 e. The molecule has 0 aromatic rings. The molecule has 4 unspecified atom stereocenters. The first kappa shape index (κ1) is 14.3. The van der Waals surface area contributed by atoms with Crippen LogP contribution in [-0.2, 0) is 0 Å². The number of fused-ring (bicyclic) bond motifs is 1. The van der Waals surface area contributed by atoms with Gasteiger partial charge in [0.15, 0.2) is 0 Å². The van der Waals surface area contributed by atoms with Crippen LogP contribution in [0.25, 0.3) is 0 Å². The van der Waals surface area contributed by atoms with E-state index in [1.54, 1.807) is 0 Å². The first-order valence-corrected chi connectivity index (χ1v) is 8.20. The molecule has 2 heteroatoms. The van der Waals surface area contributed by atoms with Gasteiger partial charge in [0.05, 0.1) is 0 Å². The largest absolute Gasteiger partial charge is 0.312 e. The molecule has 0 radical (unpaired) electrons. The Morgan fingerprint density at radius 2 is 1.83 bits per heavy atom. The summed E-state index contributed by atoms with van der Waals surface area (Å²) in [7, 11) is 0. The van der Waals surface area contributed by atoms with Crippen molar-refractivity contribution in [3.63, 3.8) is 0 Å². The third kappa shape index (κ3) is 3.48. The summed E-state index contributed by atoms with van der Waals surface area (Å²) in [6.45, 7) is 12.2. The third-order valence-electron chi connectivity index (χ3n) is 5.24. The fourth-order valence-electron chi connectivity index (χ4n) is 3.82. The highest BCUT2D eigenvalue weighted by molar-refractivity contribution is 4.90. The van der Waals surface area contributed by atoms with Crippen LogP contribution in [0.3, 0.4) is 0 Å². The monoisotopic (exact) mass is 252 g/mol. The van der Waals surface area contributed by atoms with Crippen molar-refractivity contribution in [2.75, 3.05) is 26.2 Å². The lowest BCUT2D eigenvalue weighted by Crippen LogP contribution is -2.44. The van der Waals surface area contributed by atoms with Crippen molar-refractivity contribution in [1.82, 2.24) is 10.2 Å². The Hall–Kier alpha value is -0.0800. The van der Waals surface area contributed by atoms with Gasteiger partial charge >= 0.3 is 0 Å². The summed E-state index contributed by atoms with van der Waals surface area (Å²) in [5.41, 5.74) is 0. The molecule has 4 atom stereocenters. The van der Waals surface area contributed by atoms with Crippen LogP contribution in [0.1, 0.15) is 52.9 Å². The molecule has 18 heavy (non-hydrogen) atoms. The fraction of sp³-hybridized carbons (Fsp3) is 1.00. The first-order chi connectivity index (χ1) is 8.74. The summed E-state index contributed by atoms with van der Waals surface area (Å²) in [6, 6.07) is 0.703. The summed E-state index contributed by atoms with van der Waals surface area (Å²) in [5.74, 6) is 2.87. The second-order valence-electron chi connectivity index (χ2n) is 6.62. The molecule has 0 amide bonds. The lowest BCUT2D eigenvalue weighted by atomic mass is 9.98. The molecule has 0 bridgehead atoms. The van der Waals surface area contributed by atoms with E-state index in [4.69, 9.17) is 0 Å². The molecule has 2 rings (SSSR count). The zero-order valence-electron chi connectivity index (χ0n) is 12.6. The molecule has 1 saturated heterocycles. The van der Waals surface area contributed by atoms with Gasteiger partial charge in [0.2, 0.25) is 0 Å². The second kappa shape index (κ2) is 6.91. The van der Waals surface area contributed by atoms with E-state index in [0.717, 1.165) is 17.8 Å². The average molecular weight is 252 g/mol. The number of nitrogens with zero attached hydrogens (tertiary/aromatic N) is 1. The van der Waals surface area contributed by atoms with Crippen molar-refractivity contribution in [2.24, 2.45) is 17.8 Å². The van der Waals surface area contributed by atoms with Crippen LogP contribution in [0.4, 0.5) is 0 Å². The predicted octanol–water partition coefficient (Wildman–Crippen LogP) is 3.13. The predicted molar refractivity (Wildman–Crippen MR) is 78.8 cm³/mol. The van der Waals surface area contributed by atoms with Gasteiger partial charge in [-0.25, -0.2) is 0 Å². The number of hydrogen-bond acceptors (Lipinski definition) is 2. The lowest BCUT2D eigenvalue weighted by Gasteiger charge is -2.29. The van der Waals surface area contributed by atoms with Gasteiger partial charge in [0, 0.05) is 25.7 Å². The van der Waals surface area contributed by atoms with E-state index in [9.17, 15) is 0 Å². The van der Waals surface area contributed by atoms with Crippen LogP contribution in [-0.4, -0.2) is 37.1 Å². The molecule has 106 valence electrons. The Balaban J connectivity index is 1.81. The molecular weight excluding hydrogens is 220 g/mol. The van der Waals surface area contributed by atoms with Crippen LogP contribution in [0.2, 0.25) is 0 Å². The summed E-state index contributed by atoms with van der Waals surface area (Å²) < 4.78 is 0. The maximum absolute atomic E-state index is 3.77. The average Bonchev–Trinajstić information content (AvgIpc) is 2.94. The van der Waals surface area contributed by atoms with Gasteiger partial charge in [-0.05, 0) is 43.6 Å². The van der Waals surface area contributed by atoms with Crippen LogP contribution < -0.4 is 5.32 Å². The molecule has 0 spiro atoms. The summed E-state index contributed by atoms with van der Waals surface area (Å²) >= 11 is 0. The van der Waals surface area contributed by atoms with Crippen LogP contribution >= 0.6 is 0 Å². The Kier molecular flexibility index (Phi) is 5.50. The molecule has 2 nitrogen and oxygen atoms in total. The van der Waals surface area contributed by atoms with E-state index in [2.05, 4.69) is 31.0 Å². The normalized spacial score (nSPS) is 31.5. The Bertz CT molecular complexity index is 229. The van der Waals surface area contributed by atoms with Crippen molar-refractivity contribution in [2.45, 2.75) is 58.9 Å². The summed E-state index contributed by atoms with van der Waals surface area (Å²) in [4.78, 5) is 2.74. The van der Waals surface area contributed by atoms with Gasteiger partial charge in [-0.1, -0.05) is 33.6 Å². The quantitative estimate of drug-likeness (QED) is 0.749. The second-order valence-corrected chi connectivity index (χ2v) is 6.62. The Morgan fingerprint density at radius 3 is 2.39 bits per heavy atom. The highest BCUT2D eigenvalue weighted by Gasteiger charge is 2.36. The molecule has 2 aliphatic rings. The van der Waals surface area contributed by atoms with Crippen LogP contribution in [0, 0.1) is 17.8 Å². The molecule has 1 N–H and O–H groups in total. The van der Waals surface area contributed by atoms with E-state index in [0.29, 0.717) is 6.04 Å². The number of rotatable bonds is 7. The minimum absolute atomic E-state index is 0.703. The number of nitrogens with one attached hydrogen (secondary N) is 1. The van der Waals surface area contributed by atoms with Gasteiger partial charge in [-0.2, -0.15) is 0 Å². The lowest BCUT2D eigenvalue weighted by molar-refractivity contribution is 0.232. The maximum Gasteiger partial charge on any atom is 0.0220 e. The van der Waals surface area contributed by atoms with Crippen molar-refractivity contribution >= 4 is 0 Å². The summed E-state index contributed by atoms with van der Waals surface area (Å²) in [5, 5.41) is 3.77. The van der Waals surface area contributed by atoms with Crippen molar-refractivity contribution in [1.29, 1.82) is 0 Å². The van der Waals surface area contributed by atoms with E-state index in [-0.39, 0.29) is 0 Å². The van der Waals surface area contributed by atoms with Gasteiger partial charge in [-0.3, -0.25) is 0 Å². The zero-order chi connectivity index (χ0) is 13.0. The van der Waals surface area contributed by atoms with E-state index < -0.39 is 0 Å². The van der Waals surface area contributed by atoms with E-state index in [1.165, 1.54) is 58.3 Å². The van der Waals surface area contributed by atoms with Crippen molar-refractivity contribution in [3.8, 4) is 0 Å². The highest BCUT2D eigenvalue weighted by atomic mass is 15.2. The Labute approximate surface area is 114 Å². The molecule has 1 heterocycles. The summed E-state index contributed by atoms with van der Waals surface area (Å²) in [6.07, 6.45) is 7.03. The molecule has 0 aromatic heterocycles. The van der Waals surface area contributed by atoms with Crippen LogP contribution in [0.15, 0.2) is 0 Å². The Morgan fingerprint density at radius 1 is 1.17 bits per heavy atom. The standard InChI is InChI=1S/C16H32N2/c1-4-9-17-16(13(3)5-2)12-18-10-14-7-6-8-15(14)11-18/h13-17H,4-12H2,1-3H3. The molecule has 1 aliphatic heterocycles. The minimum atomic E-state index is 0.703. The number of hydrogen-bond donors (Lipinski definition) is 1. The molecule has 1 saturated carbocycles. The minimum Gasteiger partial charge on any atom is -0.312 e. The van der Waals surface area contributed by atoms with Gasteiger partial charge in [0.1, 0.15) is 0 Å². The third-order valence-corrected chi connectivity index (χ3v) is 5.24. The van der Waals surface area contributed by atoms with Gasteiger partial charge in [0.25, 0.3) is 0 Å². The van der Waals surface area contributed by atoms with Crippen molar-refractivity contribution in [3.05, 3.63) is 0 Å².